The minimum atomic E-state index is -1.53. The van der Waals surface area contributed by atoms with E-state index in [1.807, 2.05) is 0 Å². The predicted molar refractivity (Wildman–Crippen MR) is 74.2 cm³/mol. The second kappa shape index (κ2) is 7.06. The van der Waals surface area contributed by atoms with Gasteiger partial charge in [-0.1, -0.05) is 6.07 Å². The average Bonchev–Trinajstić information content (AvgIpc) is 2.97. The second-order valence-electron chi connectivity index (χ2n) is 5.07. The lowest BCUT2D eigenvalue weighted by molar-refractivity contribution is -0.139. The van der Waals surface area contributed by atoms with E-state index in [0.29, 0.717) is 5.75 Å². The standard InChI is InChI=1S/C15H18FNO4/c16-9-13(15(19)20)17-14(18)10-4-3-7-12(8-10)21-11-5-1-2-6-11/h3-4,7-8,11,13H,1-2,5-6,9H2,(H,17,18)(H,19,20). The minimum absolute atomic E-state index is 0.168. The lowest BCUT2D eigenvalue weighted by Gasteiger charge is -2.14. The highest BCUT2D eigenvalue weighted by Crippen LogP contribution is 2.24. The molecule has 1 aromatic rings. The first-order valence-corrected chi connectivity index (χ1v) is 6.96. The molecule has 2 rings (SSSR count). The molecule has 1 atom stereocenters. The third kappa shape index (κ3) is 4.18. The topological polar surface area (TPSA) is 75.6 Å². The molecule has 0 heterocycles. The molecular formula is C15H18FNO4. The summed E-state index contributed by atoms with van der Waals surface area (Å²) in [5.41, 5.74) is 0.255. The van der Waals surface area contributed by atoms with Crippen LogP contribution in [-0.2, 0) is 4.79 Å². The van der Waals surface area contributed by atoms with Crippen LogP contribution in [0.25, 0.3) is 0 Å². The van der Waals surface area contributed by atoms with Crippen LogP contribution in [-0.4, -0.2) is 35.8 Å². The van der Waals surface area contributed by atoms with E-state index >= 15 is 0 Å². The van der Waals surface area contributed by atoms with Gasteiger partial charge in [-0.2, -0.15) is 0 Å². The number of aliphatic carboxylic acids is 1. The zero-order chi connectivity index (χ0) is 15.2. The first-order valence-electron chi connectivity index (χ1n) is 6.96. The van der Waals surface area contributed by atoms with Gasteiger partial charge in [0, 0.05) is 5.56 Å². The van der Waals surface area contributed by atoms with Gasteiger partial charge in [0.2, 0.25) is 0 Å². The van der Waals surface area contributed by atoms with E-state index in [9.17, 15) is 14.0 Å². The highest BCUT2D eigenvalue weighted by Gasteiger charge is 2.21. The van der Waals surface area contributed by atoms with Crippen LogP contribution in [0.1, 0.15) is 36.0 Å². The largest absolute Gasteiger partial charge is 0.490 e. The van der Waals surface area contributed by atoms with Crippen LogP contribution in [0.15, 0.2) is 24.3 Å². The molecule has 0 spiro atoms. The van der Waals surface area contributed by atoms with Gasteiger partial charge in [0.25, 0.3) is 5.91 Å². The second-order valence-corrected chi connectivity index (χ2v) is 5.07. The number of hydrogen-bond donors (Lipinski definition) is 2. The molecule has 6 heteroatoms. The smallest absolute Gasteiger partial charge is 0.328 e. The van der Waals surface area contributed by atoms with E-state index in [-0.39, 0.29) is 11.7 Å². The summed E-state index contributed by atoms with van der Waals surface area (Å²) in [6, 6.07) is 4.96. The van der Waals surface area contributed by atoms with E-state index in [2.05, 4.69) is 5.32 Å². The molecule has 0 bridgehead atoms. The van der Waals surface area contributed by atoms with E-state index in [1.54, 1.807) is 18.2 Å². The Kier molecular flexibility index (Phi) is 5.14. The molecule has 1 aromatic carbocycles. The molecule has 1 fully saturated rings. The molecule has 0 radical (unpaired) electrons. The average molecular weight is 295 g/mol. The Hall–Kier alpha value is -2.11. The molecule has 0 saturated heterocycles. The summed E-state index contributed by atoms with van der Waals surface area (Å²) in [7, 11) is 0. The number of alkyl halides is 1. The summed E-state index contributed by atoms with van der Waals surface area (Å²) in [6.07, 6.45) is 4.45. The molecule has 1 amide bonds. The predicted octanol–water partition coefficient (Wildman–Crippen LogP) is 2.16. The van der Waals surface area contributed by atoms with Gasteiger partial charge in [0.05, 0.1) is 6.10 Å². The lowest BCUT2D eigenvalue weighted by atomic mass is 10.2. The van der Waals surface area contributed by atoms with Crippen LogP contribution in [0.3, 0.4) is 0 Å². The van der Waals surface area contributed by atoms with Crippen molar-refractivity contribution < 1.29 is 23.8 Å². The van der Waals surface area contributed by atoms with Crippen molar-refractivity contribution >= 4 is 11.9 Å². The van der Waals surface area contributed by atoms with E-state index < -0.39 is 24.6 Å². The number of amides is 1. The summed E-state index contributed by atoms with van der Waals surface area (Å²) in [5.74, 6) is -1.46. The van der Waals surface area contributed by atoms with Gasteiger partial charge in [-0.15, -0.1) is 0 Å². The maximum absolute atomic E-state index is 12.5. The van der Waals surface area contributed by atoms with Crippen molar-refractivity contribution in [2.45, 2.75) is 37.8 Å². The van der Waals surface area contributed by atoms with Gasteiger partial charge in [0.1, 0.15) is 12.4 Å². The monoisotopic (exact) mass is 295 g/mol. The zero-order valence-corrected chi connectivity index (χ0v) is 11.5. The Labute approximate surface area is 122 Å². The third-order valence-corrected chi connectivity index (χ3v) is 3.46. The van der Waals surface area contributed by atoms with Crippen LogP contribution < -0.4 is 10.1 Å². The van der Waals surface area contributed by atoms with Gasteiger partial charge in [0.15, 0.2) is 6.04 Å². The quantitative estimate of drug-likeness (QED) is 0.843. The van der Waals surface area contributed by atoms with E-state index in [4.69, 9.17) is 9.84 Å². The van der Waals surface area contributed by atoms with Crippen molar-refractivity contribution in [1.29, 1.82) is 0 Å². The third-order valence-electron chi connectivity index (χ3n) is 3.46. The van der Waals surface area contributed by atoms with Crippen molar-refractivity contribution in [3.8, 4) is 5.75 Å². The summed E-state index contributed by atoms with van der Waals surface area (Å²) in [5, 5.41) is 10.9. The zero-order valence-electron chi connectivity index (χ0n) is 11.5. The van der Waals surface area contributed by atoms with Gasteiger partial charge in [-0.25, -0.2) is 9.18 Å². The molecule has 1 saturated carbocycles. The number of carbonyl (C=O) groups is 2. The van der Waals surface area contributed by atoms with Crippen LogP contribution in [0.5, 0.6) is 5.75 Å². The highest BCUT2D eigenvalue weighted by atomic mass is 19.1. The number of carboxylic acids is 1. The lowest BCUT2D eigenvalue weighted by Crippen LogP contribution is -2.42. The molecular weight excluding hydrogens is 277 g/mol. The van der Waals surface area contributed by atoms with Crippen molar-refractivity contribution in [1.82, 2.24) is 5.32 Å². The number of ether oxygens (including phenoxy) is 1. The molecule has 0 aliphatic heterocycles. The number of carbonyl (C=O) groups excluding carboxylic acids is 1. The Bertz CT molecular complexity index is 514. The molecule has 1 aliphatic rings. The van der Waals surface area contributed by atoms with Gasteiger partial charge >= 0.3 is 5.97 Å². The van der Waals surface area contributed by atoms with Crippen molar-refractivity contribution in [2.24, 2.45) is 0 Å². The van der Waals surface area contributed by atoms with Crippen LogP contribution >= 0.6 is 0 Å². The fourth-order valence-electron chi connectivity index (χ4n) is 2.32. The number of nitrogens with one attached hydrogen (secondary N) is 1. The molecule has 5 nitrogen and oxygen atoms in total. The van der Waals surface area contributed by atoms with E-state index in [1.165, 1.54) is 6.07 Å². The number of carboxylic acid groups (broad SMARTS) is 1. The van der Waals surface area contributed by atoms with Gasteiger partial charge in [-0.3, -0.25) is 4.79 Å². The van der Waals surface area contributed by atoms with Gasteiger partial charge < -0.3 is 15.2 Å². The summed E-state index contributed by atoms with van der Waals surface area (Å²) in [4.78, 5) is 22.6. The molecule has 1 unspecified atom stereocenters. The van der Waals surface area contributed by atoms with Crippen LogP contribution in [0.2, 0.25) is 0 Å². The van der Waals surface area contributed by atoms with E-state index in [0.717, 1.165) is 25.7 Å². The fourth-order valence-corrected chi connectivity index (χ4v) is 2.32. The van der Waals surface area contributed by atoms with Gasteiger partial charge in [-0.05, 0) is 43.9 Å². The van der Waals surface area contributed by atoms with Crippen molar-refractivity contribution in [3.05, 3.63) is 29.8 Å². The first kappa shape index (κ1) is 15.3. The molecule has 21 heavy (non-hydrogen) atoms. The Morgan fingerprint density at radius 3 is 2.71 bits per heavy atom. The Morgan fingerprint density at radius 1 is 1.38 bits per heavy atom. The number of halogens is 1. The molecule has 0 aromatic heterocycles. The molecule has 1 aliphatic carbocycles. The SMILES string of the molecule is O=C(NC(CF)C(=O)O)c1cccc(OC2CCCC2)c1. The number of benzene rings is 1. The fraction of sp³-hybridized carbons (Fsp3) is 0.467. The maximum atomic E-state index is 12.5. The summed E-state index contributed by atoms with van der Waals surface area (Å²) >= 11 is 0. The summed E-state index contributed by atoms with van der Waals surface area (Å²) in [6.45, 7) is -1.15. The molecule has 2 N–H and O–H groups in total. The Balaban J connectivity index is 2.02. The highest BCUT2D eigenvalue weighted by molar-refractivity contribution is 5.96. The molecule has 114 valence electrons. The number of hydrogen-bond acceptors (Lipinski definition) is 3. The van der Waals surface area contributed by atoms with Crippen LogP contribution in [0, 0.1) is 0 Å². The van der Waals surface area contributed by atoms with Crippen LogP contribution in [0.4, 0.5) is 4.39 Å². The van der Waals surface area contributed by atoms with Crippen molar-refractivity contribution in [3.63, 3.8) is 0 Å². The first-order chi connectivity index (χ1) is 10.1. The van der Waals surface area contributed by atoms with Crippen molar-refractivity contribution in [2.75, 3.05) is 6.67 Å². The number of rotatable bonds is 6. The summed E-state index contributed by atoms with van der Waals surface area (Å²) < 4.78 is 18.3. The normalized spacial score (nSPS) is 16.4. The minimum Gasteiger partial charge on any atom is -0.490 e. The maximum Gasteiger partial charge on any atom is 0.328 e. The Morgan fingerprint density at radius 2 is 2.10 bits per heavy atom.